The molecule has 0 unspecified atom stereocenters. The van der Waals surface area contributed by atoms with Gasteiger partial charge in [0.15, 0.2) is 6.80 Å². The highest BCUT2D eigenvalue weighted by Gasteiger charge is 2.33. The molecule has 0 saturated carbocycles. The Kier molecular flexibility index (Phi) is 4.91. The van der Waals surface area contributed by atoms with Crippen molar-refractivity contribution >= 4 is 44.7 Å². The van der Waals surface area contributed by atoms with Gasteiger partial charge in [-0.25, -0.2) is 13.7 Å². The number of sulfonamides is 1. The number of benzene rings is 1. The van der Waals surface area contributed by atoms with Crippen LogP contribution in [-0.2, 0) is 10.0 Å². The first kappa shape index (κ1) is 18.6. The van der Waals surface area contributed by atoms with E-state index in [9.17, 15) is 12.8 Å². The molecule has 12 heteroatoms. The minimum absolute atomic E-state index is 0.0122. The van der Waals surface area contributed by atoms with Crippen LogP contribution in [0.15, 0.2) is 29.6 Å². The number of halogens is 3. The van der Waals surface area contributed by atoms with Crippen molar-refractivity contribution in [3.63, 3.8) is 0 Å². The first-order valence-corrected chi connectivity index (χ1v) is 9.30. The molecule has 2 heterocycles. The first-order valence-electron chi connectivity index (χ1n) is 7.10. The number of aromatic nitrogens is 4. The van der Waals surface area contributed by atoms with Gasteiger partial charge in [0, 0.05) is 12.3 Å². The summed E-state index contributed by atoms with van der Waals surface area (Å²) in [5.74, 6) is 0.186. The normalized spacial score (nSPS) is 11.7. The molecule has 2 aromatic heterocycles. The van der Waals surface area contributed by atoms with Crippen LogP contribution >= 0.6 is 23.2 Å². The molecular formula is C14H12Cl2FN5O3S. The number of methoxy groups -OCH3 is 1. The van der Waals surface area contributed by atoms with Gasteiger partial charge in [-0.2, -0.15) is 17.9 Å². The highest BCUT2D eigenvalue weighted by atomic mass is 35.5. The average molecular weight is 420 g/mol. The van der Waals surface area contributed by atoms with Gasteiger partial charge < -0.3 is 4.74 Å². The number of anilines is 1. The summed E-state index contributed by atoms with van der Waals surface area (Å²) in [6.07, 6.45) is 1.38. The quantitative estimate of drug-likeness (QED) is 0.590. The van der Waals surface area contributed by atoms with E-state index in [4.69, 9.17) is 27.9 Å². The highest BCUT2D eigenvalue weighted by Crippen LogP contribution is 2.38. The van der Waals surface area contributed by atoms with Gasteiger partial charge in [0.25, 0.3) is 10.9 Å². The Morgan fingerprint density at radius 3 is 2.69 bits per heavy atom. The molecule has 3 aromatic rings. The maximum absolute atomic E-state index is 13.7. The summed E-state index contributed by atoms with van der Waals surface area (Å²) < 4.78 is 46.1. The van der Waals surface area contributed by atoms with Crippen LogP contribution in [0.25, 0.3) is 5.78 Å². The lowest BCUT2D eigenvalue weighted by Gasteiger charge is -2.22. The second-order valence-corrected chi connectivity index (χ2v) is 7.63. The summed E-state index contributed by atoms with van der Waals surface area (Å²) in [6, 6.07) is 4.49. The lowest BCUT2D eigenvalue weighted by molar-refractivity contribution is 0.383. The van der Waals surface area contributed by atoms with Gasteiger partial charge in [0.05, 0.1) is 22.8 Å². The Morgan fingerprint density at radius 2 is 2.04 bits per heavy atom. The molecular weight excluding hydrogens is 408 g/mol. The fourth-order valence-electron chi connectivity index (χ4n) is 2.23. The zero-order chi connectivity index (χ0) is 19.1. The van der Waals surface area contributed by atoms with Gasteiger partial charge in [-0.3, -0.25) is 0 Å². The van der Waals surface area contributed by atoms with Crippen molar-refractivity contribution < 1.29 is 17.5 Å². The fourth-order valence-corrected chi connectivity index (χ4v) is 4.04. The molecule has 0 bridgehead atoms. The number of aryl methyl sites for hydroxylation is 1. The number of hydrogen-bond acceptors (Lipinski definition) is 6. The van der Waals surface area contributed by atoms with Crippen LogP contribution in [0.1, 0.15) is 5.56 Å². The van der Waals surface area contributed by atoms with E-state index in [-0.39, 0.29) is 27.4 Å². The lowest BCUT2D eigenvalue weighted by Crippen LogP contribution is -2.31. The fraction of sp³-hybridized carbons (Fsp3) is 0.214. The topological polar surface area (TPSA) is 89.7 Å². The molecule has 0 aliphatic carbocycles. The zero-order valence-corrected chi connectivity index (χ0v) is 15.8. The van der Waals surface area contributed by atoms with Crippen molar-refractivity contribution in [2.45, 2.75) is 12.1 Å². The maximum Gasteiger partial charge on any atom is 0.304 e. The third kappa shape index (κ3) is 2.93. The molecule has 138 valence electrons. The summed E-state index contributed by atoms with van der Waals surface area (Å²) in [7, 11) is -3.12. The number of hydrogen-bond donors (Lipinski definition) is 0. The highest BCUT2D eigenvalue weighted by molar-refractivity contribution is 7.92. The van der Waals surface area contributed by atoms with Crippen molar-refractivity contribution in [1.29, 1.82) is 0 Å². The van der Waals surface area contributed by atoms with Gasteiger partial charge in [0.1, 0.15) is 0 Å². The molecule has 0 radical (unpaired) electrons. The average Bonchev–Trinajstić information content (AvgIpc) is 3.07. The molecule has 0 aliphatic heterocycles. The van der Waals surface area contributed by atoms with E-state index in [2.05, 4.69) is 15.1 Å². The van der Waals surface area contributed by atoms with Crippen molar-refractivity contribution in [2.75, 3.05) is 18.2 Å². The predicted molar refractivity (Wildman–Crippen MR) is 94.2 cm³/mol. The van der Waals surface area contributed by atoms with E-state index >= 15 is 0 Å². The van der Waals surface area contributed by atoms with E-state index in [1.165, 1.54) is 25.4 Å². The van der Waals surface area contributed by atoms with Crippen LogP contribution in [0.2, 0.25) is 10.0 Å². The molecule has 8 nitrogen and oxygen atoms in total. The van der Waals surface area contributed by atoms with Crippen LogP contribution in [0.5, 0.6) is 5.88 Å². The predicted octanol–water partition coefficient (Wildman–Crippen LogP) is 2.87. The molecule has 0 fully saturated rings. The van der Waals surface area contributed by atoms with Gasteiger partial charge in [0.2, 0.25) is 5.88 Å². The Labute approximate surface area is 158 Å². The Hall–Kier alpha value is -2.17. The van der Waals surface area contributed by atoms with Crippen molar-refractivity contribution in [1.82, 2.24) is 19.6 Å². The number of fused-ring (bicyclic) bond motifs is 1. The second kappa shape index (κ2) is 6.86. The van der Waals surface area contributed by atoms with Crippen molar-refractivity contribution in [3.8, 4) is 5.88 Å². The standard InChI is InChI=1S/C14H12Cl2FN5O3S/c1-8-3-4-9(15)12(11(8)16)21(7-17)26(23,24)14-19-13-18-6-5-10(25-2)22(13)20-14/h3-6H,7H2,1-2H3. The zero-order valence-electron chi connectivity index (χ0n) is 13.5. The smallest absolute Gasteiger partial charge is 0.304 e. The van der Waals surface area contributed by atoms with Crippen LogP contribution in [0.3, 0.4) is 0 Å². The molecule has 0 atom stereocenters. The van der Waals surface area contributed by atoms with Crippen LogP contribution in [0, 0.1) is 6.92 Å². The third-order valence-electron chi connectivity index (χ3n) is 3.53. The summed E-state index contributed by atoms with van der Waals surface area (Å²) in [5, 5.41) is 3.19. The summed E-state index contributed by atoms with van der Waals surface area (Å²) >= 11 is 12.2. The van der Waals surface area contributed by atoms with Crippen LogP contribution < -0.4 is 9.04 Å². The minimum atomic E-state index is -4.50. The minimum Gasteiger partial charge on any atom is -0.481 e. The van der Waals surface area contributed by atoms with E-state index in [1.807, 2.05) is 0 Å². The summed E-state index contributed by atoms with van der Waals surface area (Å²) in [6.45, 7) is 0.231. The number of alkyl halides is 1. The van der Waals surface area contributed by atoms with E-state index in [0.717, 1.165) is 4.52 Å². The number of nitrogens with zero attached hydrogens (tertiary/aromatic N) is 5. The first-order chi connectivity index (χ1) is 12.3. The van der Waals surface area contributed by atoms with E-state index in [1.54, 1.807) is 13.0 Å². The summed E-state index contributed by atoms with van der Waals surface area (Å²) in [5.41, 5.74) is 0.348. The lowest BCUT2D eigenvalue weighted by atomic mass is 10.2. The van der Waals surface area contributed by atoms with Gasteiger partial charge in [-0.1, -0.05) is 29.3 Å². The second-order valence-electron chi connectivity index (χ2n) is 5.09. The van der Waals surface area contributed by atoms with Crippen LogP contribution in [-0.4, -0.2) is 41.9 Å². The monoisotopic (exact) mass is 419 g/mol. The Balaban J connectivity index is 2.19. The number of ether oxygens (including phenoxy) is 1. The number of rotatable bonds is 5. The maximum atomic E-state index is 13.7. The molecule has 1 aromatic carbocycles. The SMILES string of the molecule is COc1ccnc2nc(S(=O)(=O)N(CF)c3c(Cl)ccc(C)c3Cl)nn12. The largest absolute Gasteiger partial charge is 0.481 e. The molecule has 26 heavy (non-hydrogen) atoms. The Morgan fingerprint density at radius 1 is 1.31 bits per heavy atom. The van der Waals surface area contributed by atoms with Crippen LogP contribution in [0.4, 0.5) is 10.1 Å². The summed E-state index contributed by atoms with van der Waals surface area (Å²) in [4.78, 5) is 7.76. The molecule has 0 aliphatic rings. The molecule has 0 N–H and O–H groups in total. The van der Waals surface area contributed by atoms with E-state index < -0.39 is 22.0 Å². The molecule has 0 spiro atoms. The van der Waals surface area contributed by atoms with Gasteiger partial charge in [-0.15, -0.1) is 5.10 Å². The van der Waals surface area contributed by atoms with Gasteiger partial charge >= 0.3 is 10.0 Å². The van der Waals surface area contributed by atoms with Gasteiger partial charge in [-0.05, 0) is 18.6 Å². The molecule has 3 rings (SSSR count). The third-order valence-corrected chi connectivity index (χ3v) is 5.81. The van der Waals surface area contributed by atoms with E-state index in [0.29, 0.717) is 9.87 Å². The van der Waals surface area contributed by atoms with Crippen molar-refractivity contribution in [3.05, 3.63) is 40.0 Å². The Bertz CT molecular complexity index is 1090. The van der Waals surface area contributed by atoms with Crippen molar-refractivity contribution in [2.24, 2.45) is 0 Å². The molecule has 0 saturated heterocycles. The molecule has 0 amide bonds.